The van der Waals surface area contributed by atoms with Crippen LogP contribution in [0.5, 0.6) is 0 Å². The first kappa shape index (κ1) is 18.2. The Bertz CT molecular complexity index is 170. The molecule has 0 aromatic carbocycles. The van der Waals surface area contributed by atoms with Crippen LogP contribution >= 0.6 is 11.8 Å². The maximum Gasteiger partial charge on any atom is 0.0590 e. The van der Waals surface area contributed by atoms with Gasteiger partial charge in [-0.1, -0.05) is 20.3 Å². The van der Waals surface area contributed by atoms with Gasteiger partial charge >= 0.3 is 0 Å². The van der Waals surface area contributed by atoms with Gasteiger partial charge in [-0.3, -0.25) is 0 Å². The molecule has 0 aliphatic carbocycles. The van der Waals surface area contributed by atoms with Gasteiger partial charge in [0.15, 0.2) is 0 Å². The Balaban J connectivity index is 3.36. The number of nitrogens with one attached hydrogen (secondary N) is 1. The van der Waals surface area contributed by atoms with E-state index in [1.165, 1.54) is 25.0 Å². The number of ether oxygens (including phenoxy) is 1. The first-order valence-electron chi connectivity index (χ1n) is 7.23. The maximum atomic E-state index is 5.51. The van der Waals surface area contributed by atoms with E-state index in [4.69, 9.17) is 4.74 Å². The summed E-state index contributed by atoms with van der Waals surface area (Å²) in [7, 11) is 2.23. The highest BCUT2D eigenvalue weighted by molar-refractivity contribution is 7.98. The number of hydrogen-bond donors (Lipinski definition) is 1. The quantitative estimate of drug-likeness (QED) is 0.522. The molecule has 1 unspecified atom stereocenters. The molecule has 0 rings (SSSR count). The van der Waals surface area contributed by atoms with Gasteiger partial charge in [-0.2, -0.15) is 11.8 Å². The van der Waals surface area contributed by atoms with E-state index < -0.39 is 0 Å². The highest BCUT2D eigenvalue weighted by Gasteiger charge is 2.10. The lowest BCUT2D eigenvalue weighted by Gasteiger charge is -2.26. The monoisotopic (exact) mass is 276 g/mol. The fourth-order valence-electron chi connectivity index (χ4n) is 1.80. The average molecular weight is 276 g/mol. The minimum Gasteiger partial charge on any atom is -0.380 e. The zero-order valence-electron chi connectivity index (χ0n) is 12.7. The molecule has 0 heterocycles. The lowest BCUT2D eigenvalue weighted by molar-refractivity contribution is 0.132. The topological polar surface area (TPSA) is 24.5 Å². The van der Waals surface area contributed by atoms with Gasteiger partial charge < -0.3 is 15.0 Å². The van der Waals surface area contributed by atoms with Crippen LogP contribution in [0.3, 0.4) is 0 Å². The predicted molar refractivity (Wildman–Crippen MR) is 83.7 cm³/mol. The van der Waals surface area contributed by atoms with Crippen LogP contribution < -0.4 is 5.32 Å². The van der Waals surface area contributed by atoms with Crippen LogP contribution in [0.25, 0.3) is 0 Å². The van der Waals surface area contributed by atoms with E-state index >= 15 is 0 Å². The van der Waals surface area contributed by atoms with Crippen molar-refractivity contribution in [1.29, 1.82) is 0 Å². The molecule has 0 bridgehead atoms. The summed E-state index contributed by atoms with van der Waals surface area (Å²) in [5.74, 6) is 1.23. The third-order valence-corrected chi connectivity index (χ3v) is 3.88. The summed E-state index contributed by atoms with van der Waals surface area (Å²) in [5, 5.41) is 3.44. The molecule has 0 amide bonds. The largest absolute Gasteiger partial charge is 0.380 e. The van der Waals surface area contributed by atoms with E-state index in [9.17, 15) is 0 Å². The number of hydrogen-bond acceptors (Lipinski definition) is 4. The Labute approximate surface area is 118 Å². The van der Waals surface area contributed by atoms with Gasteiger partial charge in [-0.25, -0.2) is 0 Å². The number of likely N-dealkylation sites (N-methyl/N-ethyl adjacent to an activating group) is 1. The summed E-state index contributed by atoms with van der Waals surface area (Å²) in [4.78, 5) is 2.46. The van der Waals surface area contributed by atoms with Gasteiger partial charge in [0.1, 0.15) is 0 Å². The van der Waals surface area contributed by atoms with Gasteiger partial charge in [0.25, 0.3) is 0 Å². The smallest absolute Gasteiger partial charge is 0.0590 e. The maximum absolute atomic E-state index is 5.51. The molecule has 0 aromatic heterocycles. The van der Waals surface area contributed by atoms with Crippen molar-refractivity contribution in [2.75, 3.05) is 51.9 Å². The molecule has 0 aromatic rings. The third kappa shape index (κ3) is 10.2. The van der Waals surface area contributed by atoms with E-state index in [2.05, 4.69) is 37.4 Å². The summed E-state index contributed by atoms with van der Waals surface area (Å²) < 4.78 is 5.51. The third-order valence-electron chi connectivity index (χ3n) is 3.16. The van der Waals surface area contributed by atoms with E-state index in [0.717, 1.165) is 32.8 Å². The highest BCUT2D eigenvalue weighted by atomic mass is 32.2. The Kier molecular flexibility index (Phi) is 13.8. The zero-order chi connectivity index (χ0) is 13.6. The summed E-state index contributed by atoms with van der Waals surface area (Å²) >= 11 is 1.94. The van der Waals surface area contributed by atoms with Crippen LogP contribution in [-0.4, -0.2) is 62.8 Å². The van der Waals surface area contributed by atoms with Crippen molar-refractivity contribution < 1.29 is 4.74 Å². The van der Waals surface area contributed by atoms with Crippen LogP contribution in [0.15, 0.2) is 0 Å². The standard InChI is InChI=1S/C14H32N2OS/c1-5-7-11-17-12-9-15-8-10-16(3)14(6-2)13-18-4/h14-15H,5-13H2,1-4H3. The van der Waals surface area contributed by atoms with E-state index in [-0.39, 0.29) is 0 Å². The second-order valence-corrected chi connectivity index (χ2v) is 5.62. The average Bonchev–Trinajstić information content (AvgIpc) is 2.38. The summed E-state index contributed by atoms with van der Waals surface area (Å²) in [6.07, 6.45) is 5.81. The van der Waals surface area contributed by atoms with Crippen LogP contribution in [0.2, 0.25) is 0 Å². The van der Waals surface area contributed by atoms with Gasteiger partial charge in [0.2, 0.25) is 0 Å². The molecule has 1 atom stereocenters. The molecule has 0 aliphatic heterocycles. The Hall–Kier alpha value is 0.230. The molecule has 0 fully saturated rings. The lowest BCUT2D eigenvalue weighted by Crippen LogP contribution is -2.38. The fourth-order valence-corrected chi connectivity index (χ4v) is 2.68. The Morgan fingerprint density at radius 1 is 1.22 bits per heavy atom. The van der Waals surface area contributed by atoms with Crippen LogP contribution in [0, 0.1) is 0 Å². The number of unbranched alkanes of at least 4 members (excludes halogenated alkanes) is 1. The molecule has 0 spiro atoms. The molecule has 3 nitrogen and oxygen atoms in total. The van der Waals surface area contributed by atoms with Gasteiger partial charge in [-0.05, 0) is 26.1 Å². The molecule has 18 heavy (non-hydrogen) atoms. The van der Waals surface area contributed by atoms with E-state index in [0.29, 0.717) is 6.04 Å². The molecular formula is C14H32N2OS. The number of thioether (sulfide) groups is 1. The lowest BCUT2D eigenvalue weighted by atomic mass is 10.2. The summed E-state index contributed by atoms with van der Waals surface area (Å²) in [6.45, 7) is 9.35. The zero-order valence-corrected chi connectivity index (χ0v) is 13.5. The minimum absolute atomic E-state index is 0.711. The summed E-state index contributed by atoms with van der Waals surface area (Å²) in [5.41, 5.74) is 0. The predicted octanol–water partition coefficient (Wildman–Crippen LogP) is 2.47. The van der Waals surface area contributed by atoms with Gasteiger partial charge in [-0.15, -0.1) is 0 Å². The molecule has 0 radical (unpaired) electrons. The number of nitrogens with zero attached hydrogens (tertiary/aromatic N) is 1. The van der Waals surface area contributed by atoms with E-state index in [1.54, 1.807) is 0 Å². The SMILES string of the molecule is CCCCOCCNCCN(C)C(CC)CSC. The normalized spacial score (nSPS) is 13.2. The Morgan fingerprint density at radius 3 is 2.61 bits per heavy atom. The second-order valence-electron chi connectivity index (χ2n) is 4.71. The molecule has 1 N–H and O–H groups in total. The van der Waals surface area contributed by atoms with Crippen molar-refractivity contribution in [3.05, 3.63) is 0 Å². The fraction of sp³-hybridized carbons (Fsp3) is 1.00. The van der Waals surface area contributed by atoms with Crippen molar-refractivity contribution in [1.82, 2.24) is 10.2 Å². The van der Waals surface area contributed by atoms with Crippen molar-refractivity contribution in [3.8, 4) is 0 Å². The molecule has 0 saturated carbocycles. The minimum atomic E-state index is 0.711. The molecular weight excluding hydrogens is 244 g/mol. The van der Waals surface area contributed by atoms with Crippen LogP contribution in [0.1, 0.15) is 33.1 Å². The first-order chi connectivity index (χ1) is 8.76. The highest BCUT2D eigenvalue weighted by Crippen LogP contribution is 2.07. The number of rotatable bonds is 13. The van der Waals surface area contributed by atoms with Crippen LogP contribution in [-0.2, 0) is 4.74 Å². The van der Waals surface area contributed by atoms with Crippen molar-refractivity contribution in [2.24, 2.45) is 0 Å². The van der Waals surface area contributed by atoms with Gasteiger partial charge in [0.05, 0.1) is 6.61 Å². The molecule has 0 saturated heterocycles. The molecule has 0 aliphatic rings. The van der Waals surface area contributed by atoms with Crippen molar-refractivity contribution in [2.45, 2.75) is 39.2 Å². The molecule has 110 valence electrons. The van der Waals surface area contributed by atoms with Crippen LogP contribution in [0.4, 0.5) is 0 Å². The second kappa shape index (κ2) is 13.7. The van der Waals surface area contributed by atoms with E-state index in [1.807, 2.05) is 11.8 Å². The van der Waals surface area contributed by atoms with Crippen molar-refractivity contribution >= 4 is 11.8 Å². The summed E-state index contributed by atoms with van der Waals surface area (Å²) in [6, 6.07) is 0.711. The molecule has 4 heteroatoms. The van der Waals surface area contributed by atoms with Gasteiger partial charge in [0, 0.05) is 38.0 Å². The first-order valence-corrected chi connectivity index (χ1v) is 8.63. The Morgan fingerprint density at radius 2 is 2.00 bits per heavy atom. The van der Waals surface area contributed by atoms with Crippen molar-refractivity contribution in [3.63, 3.8) is 0 Å².